The van der Waals surface area contributed by atoms with Crippen LogP contribution in [-0.2, 0) is 13.1 Å². The molecule has 2 saturated heterocycles. The molecule has 3 atom stereocenters. The number of fused-ring (bicyclic) bond motifs is 1. The molecule has 34 heavy (non-hydrogen) atoms. The van der Waals surface area contributed by atoms with Crippen LogP contribution >= 0.6 is 0 Å². The van der Waals surface area contributed by atoms with Gasteiger partial charge in [-0.3, -0.25) is 4.90 Å². The van der Waals surface area contributed by atoms with E-state index in [0.717, 1.165) is 42.8 Å². The third kappa shape index (κ3) is 6.06. The number of urea groups is 1. The van der Waals surface area contributed by atoms with E-state index in [9.17, 15) is 9.18 Å². The third-order valence-electron chi connectivity index (χ3n) is 6.74. The number of piperidine rings is 1. The zero-order chi connectivity index (χ0) is 24.1. The summed E-state index contributed by atoms with van der Waals surface area (Å²) in [5.74, 6) is 0.912. The molecule has 0 aromatic heterocycles. The Hall–Kier alpha value is -2.67. The summed E-state index contributed by atoms with van der Waals surface area (Å²) >= 11 is 0. The molecule has 0 saturated carbocycles. The maximum absolute atomic E-state index is 15.6. The molecule has 2 heterocycles. The average molecular weight is 472 g/mol. The first-order chi connectivity index (χ1) is 16.4. The summed E-state index contributed by atoms with van der Waals surface area (Å²) in [5, 5.41) is 2.97. The molecule has 0 aliphatic carbocycles. The van der Waals surface area contributed by atoms with Gasteiger partial charge < -0.3 is 15.0 Å². The second-order valence-corrected chi connectivity index (χ2v) is 9.81. The van der Waals surface area contributed by atoms with E-state index in [2.05, 4.69) is 24.1 Å². The molecule has 2 aromatic rings. The predicted molar refractivity (Wildman–Crippen MR) is 129 cm³/mol. The van der Waals surface area contributed by atoms with Gasteiger partial charge in [-0.15, -0.1) is 0 Å². The van der Waals surface area contributed by atoms with Crippen LogP contribution in [0.25, 0.3) is 0 Å². The minimum atomic E-state index is -1.10. The number of nitrogens with zero attached hydrogens (tertiary/aromatic N) is 2. The number of halogens is 2. The van der Waals surface area contributed by atoms with E-state index in [-0.39, 0.29) is 24.4 Å². The summed E-state index contributed by atoms with van der Waals surface area (Å²) in [6.07, 6.45) is 1.32. The fourth-order valence-electron chi connectivity index (χ4n) is 4.90. The van der Waals surface area contributed by atoms with Crippen LogP contribution in [0.1, 0.15) is 44.2 Å². The smallest absolute Gasteiger partial charge is 0.318 e. The fraction of sp³-hybridized carbons (Fsp3) is 0.519. The first-order valence-electron chi connectivity index (χ1n) is 12.3. The van der Waals surface area contributed by atoms with Gasteiger partial charge in [0.15, 0.2) is 0 Å². The predicted octanol–water partition coefficient (Wildman–Crippen LogP) is 5.15. The molecule has 184 valence electrons. The van der Waals surface area contributed by atoms with Gasteiger partial charge in [-0.1, -0.05) is 38.1 Å². The van der Waals surface area contributed by atoms with Crippen molar-refractivity contribution in [1.82, 2.24) is 15.1 Å². The molecule has 4 rings (SSSR count). The average Bonchev–Trinajstić information content (AvgIpc) is 3.32. The van der Waals surface area contributed by atoms with Crippen molar-refractivity contribution in [3.63, 3.8) is 0 Å². The minimum Gasteiger partial charge on any atom is -0.493 e. The second kappa shape index (κ2) is 11.2. The van der Waals surface area contributed by atoms with Crippen LogP contribution in [0.3, 0.4) is 0 Å². The van der Waals surface area contributed by atoms with Crippen molar-refractivity contribution in [3.05, 3.63) is 65.5 Å². The number of amides is 2. The SMILES string of the molecule is CC(C)COc1ccc(CNC(=O)N(Cc2ccc(F)cc2)[C@H]2CCN3CCC[C@@H]3[C@@H]2F)cc1. The topological polar surface area (TPSA) is 44.8 Å². The normalized spacial score (nSPS) is 22.4. The lowest BCUT2D eigenvalue weighted by molar-refractivity contribution is 0.0200. The summed E-state index contributed by atoms with van der Waals surface area (Å²) < 4.78 is 34.7. The molecule has 0 spiro atoms. The second-order valence-electron chi connectivity index (χ2n) is 9.81. The number of alkyl halides is 1. The maximum atomic E-state index is 15.6. The first kappa shape index (κ1) is 24.5. The van der Waals surface area contributed by atoms with E-state index in [1.165, 1.54) is 12.1 Å². The molecule has 2 aromatic carbocycles. The van der Waals surface area contributed by atoms with Crippen molar-refractivity contribution < 1.29 is 18.3 Å². The highest BCUT2D eigenvalue weighted by molar-refractivity contribution is 5.74. The van der Waals surface area contributed by atoms with Gasteiger partial charge in [0.25, 0.3) is 0 Å². The number of nitrogens with one attached hydrogen (secondary N) is 1. The van der Waals surface area contributed by atoms with Crippen LogP contribution in [0.5, 0.6) is 5.75 Å². The highest BCUT2D eigenvalue weighted by atomic mass is 19.1. The summed E-state index contributed by atoms with van der Waals surface area (Å²) in [4.78, 5) is 17.1. The van der Waals surface area contributed by atoms with Gasteiger partial charge in [-0.05, 0) is 67.1 Å². The number of hydrogen-bond donors (Lipinski definition) is 1. The van der Waals surface area contributed by atoms with Crippen molar-refractivity contribution in [1.29, 1.82) is 0 Å². The van der Waals surface area contributed by atoms with E-state index in [4.69, 9.17) is 4.74 Å². The number of rotatable bonds is 8. The van der Waals surface area contributed by atoms with E-state index in [1.54, 1.807) is 17.0 Å². The van der Waals surface area contributed by atoms with E-state index >= 15 is 4.39 Å². The molecule has 2 amide bonds. The maximum Gasteiger partial charge on any atom is 0.318 e. The van der Waals surface area contributed by atoms with Crippen molar-refractivity contribution in [2.24, 2.45) is 5.92 Å². The van der Waals surface area contributed by atoms with Crippen molar-refractivity contribution >= 4 is 6.03 Å². The summed E-state index contributed by atoms with van der Waals surface area (Å²) in [6, 6.07) is 12.8. The molecule has 2 aliphatic rings. The third-order valence-corrected chi connectivity index (χ3v) is 6.74. The Labute approximate surface area is 201 Å². The monoisotopic (exact) mass is 471 g/mol. The number of ether oxygens (including phenoxy) is 1. The molecular formula is C27H35F2N3O2. The van der Waals surface area contributed by atoms with Gasteiger partial charge >= 0.3 is 6.03 Å². The van der Waals surface area contributed by atoms with Crippen LogP contribution in [0, 0.1) is 11.7 Å². The van der Waals surface area contributed by atoms with Crippen molar-refractivity contribution in [2.75, 3.05) is 19.7 Å². The highest BCUT2D eigenvalue weighted by Crippen LogP contribution is 2.32. The lowest BCUT2D eigenvalue weighted by Crippen LogP contribution is -2.58. The van der Waals surface area contributed by atoms with E-state index in [0.29, 0.717) is 25.5 Å². The molecule has 5 nitrogen and oxygen atoms in total. The zero-order valence-electron chi connectivity index (χ0n) is 20.1. The summed E-state index contributed by atoms with van der Waals surface area (Å²) in [7, 11) is 0. The van der Waals surface area contributed by atoms with Gasteiger partial charge in [0.05, 0.1) is 12.6 Å². The Kier molecular flexibility index (Phi) is 8.03. The molecule has 0 unspecified atom stereocenters. The Bertz CT molecular complexity index is 936. The number of hydrogen-bond acceptors (Lipinski definition) is 3. The largest absolute Gasteiger partial charge is 0.493 e. The van der Waals surface area contributed by atoms with Gasteiger partial charge in [0.2, 0.25) is 0 Å². The van der Waals surface area contributed by atoms with Crippen LogP contribution in [0.15, 0.2) is 48.5 Å². The lowest BCUT2D eigenvalue weighted by Gasteiger charge is -2.43. The molecule has 2 aliphatic heterocycles. The Balaban J connectivity index is 1.43. The number of carbonyl (C=O) groups excluding carboxylic acids is 1. The Morgan fingerprint density at radius 1 is 1.09 bits per heavy atom. The molecule has 1 N–H and O–H groups in total. The van der Waals surface area contributed by atoms with Gasteiger partial charge in [0.1, 0.15) is 17.7 Å². The van der Waals surface area contributed by atoms with Crippen LogP contribution in [0.4, 0.5) is 13.6 Å². The van der Waals surface area contributed by atoms with Gasteiger partial charge in [-0.2, -0.15) is 0 Å². The molecule has 7 heteroatoms. The van der Waals surface area contributed by atoms with Crippen molar-refractivity contribution in [3.8, 4) is 5.75 Å². The van der Waals surface area contributed by atoms with Gasteiger partial charge in [-0.25, -0.2) is 13.6 Å². The van der Waals surface area contributed by atoms with E-state index in [1.807, 2.05) is 24.3 Å². The molecule has 0 radical (unpaired) electrons. The summed E-state index contributed by atoms with van der Waals surface area (Å²) in [6.45, 7) is 7.15. The quantitative estimate of drug-likeness (QED) is 0.579. The standard InChI is InChI=1S/C27H35F2N3O2/c1-19(2)18-34-23-11-7-20(8-12-23)16-30-27(33)32(17-21-5-9-22(28)10-6-21)25-13-15-31-14-3-4-24(31)26(25)29/h5-12,19,24-26H,3-4,13-18H2,1-2H3,(H,30,33)/t24-,25+,26+/m1/s1. The summed E-state index contributed by atoms with van der Waals surface area (Å²) in [5.41, 5.74) is 1.72. The first-order valence-corrected chi connectivity index (χ1v) is 12.3. The molecule has 2 fully saturated rings. The van der Waals surface area contributed by atoms with Crippen molar-refractivity contribution in [2.45, 2.75) is 64.5 Å². The van der Waals surface area contributed by atoms with Gasteiger partial charge in [0, 0.05) is 25.7 Å². The van der Waals surface area contributed by atoms with Crippen LogP contribution in [-0.4, -0.2) is 53.8 Å². The molecule has 0 bridgehead atoms. The number of benzene rings is 2. The van der Waals surface area contributed by atoms with E-state index < -0.39 is 12.2 Å². The Morgan fingerprint density at radius 2 is 1.79 bits per heavy atom. The lowest BCUT2D eigenvalue weighted by atomic mass is 9.93. The molecular weight excluding hydrogens is 436 g/mol. The highest BCUT2D eigenvalue weighted by Gasteiger charge is 2.44. The zero-order valence-corrected chi connectivity index (χ0v) is 20.1. The van der Waals surface area contributed by atoms with Crippen LogP contribution in [0.2, 0.25) is 0 Å². The fourth-order valence-corrected chi connectivity index (χ4v) is 4.90. The number of carbonyl (C=O) groups is 1. The minimum absolute atomic E-state index is 0.124. The van der Waals surface area contributed by atoms with Crippen LogP contribution < -0.4 is 10.1 Å². The Morgan fingerprint density at radius 3 is 2.50 bits per heavy atom.